The molecule has 1 aliphatic heterocycles. The van der Waals surface area contributed by atoms with Crippen LogP contribution >= 0.6 is 11.6 Å². The number of phenolic OH excluding ortho intramolecular Hbond substituents is 1. The van der Waals surface area contributed by atoms with Gasteiger partial charge in [0.05, 0.1) is 5.02 Å². The van der Waals surface area contributed by atoms with Crippen molar-refractivity contribution in [2.75, 3.05) is 13.1 Å². The van der Waals surface area contributed by atoms with Gasteiger partial charge in [-0.3, -0.25) is 4.79 Å². The van der Waals surface area contributed by atoms with Gasteiger partial charge in [0.25, 0.3) is 5.91 Å². The minimum Gasteiger partial charge on any atom is -0.506 e. The number of likely N-dealkylation sites (tertiary alicyclic amines) is 1. The average Bonchev–Trinajstić information content (AvgIpc) is 2.53. The lowest BCUT2D eigenvalue weighted by Crippen LogP contribution is -2.32. The van der Waals surface area contributed by atoms with Crippen LogP contribution in [0.2, 0.25) is 5.02 Å². The van der Waals surface area contributed by atoms with Gasteiger partial charge in [-0.1, -0.05) is 25.4 Å². The van der Waals surface area contributed by atoms with Gasteiger partial charge in [-0.2, -0.15) is 0 Å². The largest absolute Gasteiger partial charge is 0.506 e. The number of phenols is 1. The van der Waals surface area contributed by atoms with Crippen LogP contribution in [0.15, 0.2) is 18.2 Å². The molecule has 0 saturated carbocycles. The molecule has 0 bridgehead atoms. The van der Waals surface area contributed by atoms with Crippen molar-refractivity contribution in [1.82, 2.24) is 4.90 Å². The van der Waals surface area contributed by atoms with Crippen molar-refractivity contribution in [2.45, 2.75) is 33.1 Å². The molecule has 1 N–H and O–H groups in total. The Labute approximate surface area is 119 Å². The minimum absolute atomic E-state index is 0.000370. The van der Waals surface area contributed by atoms with Gasteiger partial charge in [-0.15, -0.1) is 0 Å². The minimum atomic E-state index is -0.000370. The molecule has 1 fully saturated rings. The lowest BCUT2D eigenvalue weighted by atomic mass is 9.85. The Morgan fingerprint density at radius 3 is 2.74 bits per heavy atom. The zero-order chi connectivity index (χ0) is 14.0. The molecule has 4 heteroatoms. The van der Waals surface area contributed by atoms with Gasteiger partial charge in [0, 0.05) is 18.7 Å². The molecule has 19 heavy (non-hydrogen) atoms. The van der Waals surface area contributed by atoms with Crippen molar-refractivity contribution < 1.29 is 9.90 Å². The van der Waals surface area contributed by atoms with E-state index in [2.05, 4.69) is 13.8 Å². The summed E-state index contributed by atoms with van der Waals surface area (Å²) in [6.07, 6.45) is 3.20. The Hall–Kier alpha value is -1.22. The molecule has 0 atom stereocenters. The molecule has 2 rings (SSSR count). The Morgan fingerprint density at radius 2 is 2.05 bits per heavy atom. The van der Waals surface area contributed by atoms with Gasteiger partial charge in [0.15, 0.2) is 0 Å². The lowest BCUT2D eigenvalue weighted by molar-refractivity contribution is 0.0757. The van der Waals surface area contributed by atoms with E-state index < -0.39 is 0 Å². The third-order valence-electron chi connectivity index (χ3n) is 3.82. The molecule has 1 aromatic rings. The predicted molar refractivity (Wildman–Crippen MR) is 76.7 cm³/mol. The Balaban J connectivity index is 2.13. The van der Waals surface area contributed by atoms with Gasteiger partial charge in [0.1, 0.15) is 5.75 Å². The monoisotopic (exact) mass is 281 g/mol. The van der Waals surface area contributed by atoms with Crippen molar-refractivity contribution >= 4 is 17.5 Å². The van der Waals surface area contributed by atoms with E-state index in [1.165, 1.54) is 12.1 Å². The fourth-order valence-electron chi connectivity index (χ4n) is 2.45. The molecule has 3 nitrogen and oxygen atoms in total. The molecule has 1 saturated heterocycles. The molecule has 0 spiro atoms. The zero-order valence-electron chi connectivity index (χ0n) is 11.4. The van der Waals surface area contributed by atoms with Crippen molar-refractivity contribution in [3.05, 3.63) is 28.8 Å². The fraction of sp³-hybridized carbons (Fsp3) is 0.533. The number of carbonyl (C=O) groups is 1. The second kappa shape index (κ2) is 5.41. The summed E-state index contributed by atoms with van der Waals surface area (Å²) in [5, 5.41) is 9.62. The number of carbonyl (C=O) groups excluding carboxylic acids is 1. The van der Waals surface area contributed by atoms with Crippen LogP contribution in [0, 0.1) is 5.41 Å². The highest BCUT2D eigenvalue weighted by atomic mass is 35.5. The van der Waals surface area contributed by atoms with E-state index in [1.54, 1.807) is 6.07 Å². The first-order valence-corrected chi connectivity index (χ1v) is 7.05. The highest BCUT2D eigenvalue weighted by Gasteiger charge is 2.26. The van der Waals surface area contributed by atoms with Crippen LogP contribution in [-0.2, 0) is 0 Å². The number of amides is 1. The summed E-state index contributed by atoms with van der Waals surface area (Å²) in [5.41, 5.74) is 0.851. The second-order valence-electron chi connectivity index (χ2n) is 5.98. The number of benzene rings is 1. The van der Waals surface area contributed by atoms with E-state index in [0.717, 1.165) is 32.4 Å². The van der Waals surface area contributed by atoms with Crippen molar-refractivity contribution in [3.8, 4) is 5.75 Å². The van der Waals surface area contributed by atoms with Crippen LogP contribution in [0.5, 0.6) is 5.75 Å². The Bertz CT molecular complexity index is 485. The molecular formula is C15H20ClNO2. The molecule has 0 aliphatic carbocycles. The summed E-state index contributed by atoms with van der Waals surface area (Å²) in [7, 11) is 0. The molecule has 0 unspecified atom stereocenters. The number of hydrogen-bond acceptors (Lipinski definition) is 2. The van der Waals surface area contributed by atoms with Gasteiger partial charge >= 0.3 is 0 Å². The maximum Gasteiger partial charge on any atom is 0.253 e. The Kier molecular flexibility index (Phi) is 4.04. The number of rotatable bonds is 1. The lowest BCUT2D eigenvalue weighted by Gasteiger charge is -2.23. The molecule has 0 radical (unpaired) electrons. The number of halogens is 1. The van der Waals surface area contributed by atoms with Crippen molar-refractivity contribution in [1.29, 1.82) is 0 Å². The first-order valence-electron chi connectivity index (χ1n) is 6.67. The van der Waals surface area contributed by atoms with Gasteiger partial charge in [-0.25, -0.2) is 0 Å². The second-order valence-corrected chi connectivity index (χ2v) is 6.38. The number of hydrogen-bond donors (Lipinski definition) is 1. The first-order chi connectivity index (χ1) is 8.89. The summed E-state index contributed by atoms with van der Waals surface area (Å²) in [6, 6.07) is 4.63. The molecule has 1 heterocycles. The highest BCUT2D eigenvalue weighted by Crippen LogP contribution is 2.31. The first kappa shape index (κ1) is 14.2. The Morgan fingerprint density at radius 1 is 1.32 bits per heavy atom. The van der Waals surface area contributed by atoms with Crippen LogP contribution in [0.25, 0.3) is 0 Å². The van der Waals surface area contributed by atoms with E-state index in [4.69, 9.17) is 11.6 Å². The fourth-order valence-corrected chi connectivity index (χ4v) is 2.63. The topological polar surface area (TPSA) is 40.5 Å². The number of nitrogens with zero attached hydrogens (tertiary/aromatic N) is 1. The van der Waals surface area contributed by atoms with Crippen molar-refractivity contribution in [3.63, 3.8) is 0 Å². The van der Waals surface area contributed by atoms with Crippen LogP contribution < -0.4 is 0 Å². The highest BCUT2D eigenvalue weighted by molar-refractivity contribution is 6.32. The van der Waals surface area contributed by atoms with Crippen LogP contribution in [0.1, 0.15) is 43.5 Å². The summed E-state index contributed by atoms with van der Waals surface area (Å²) in [6.45, 7) is 6.07. The smallest absolute Gasteiger partial charge is 0.253 e. The van der Waals surface area contributed by atoms with Gasteiger partial charge < -0.3 is 10.0 Å². The molecule has 1 aromatic carbocycles. The summed E-state index contributed by atoms with van der Waals surface area (Å²) < 4.78 is 0. The quantitative estimate of drug-likeness (QED) is 0.853. The summed E-state index contributed by atoms with van der Waals surface area (Å²) in [4.78, 5) is 14.3. The summed E-state index contributed by atoms with van der Waals surface area (Å²) in [5.74, 6) is 0.00909. The number of aromatic hydroxyl groups is 1. The molecule has 1 aliphatic rings. The maximum absolute atomic E-state index is 12.4. The molecule has 1 amide bonds. The summed E-state index contributed by atoms with van der Waals surface area (Å²) >= 11 is 5.85. The van der Waals surface area contributed by atoms with Crippen LogP contribution in [0.3, 0.4) is 0 Å². The van der Waals surface area contributed by atoms with E-state index in [1.807, 2.05) is 4.90 Å². The van der Waals surface area contributed by atoms with Gasteiger partial charge in [0.2, 0.25) is 0 Å². The van der Waals surface area contributed by atoms with Crippen molar-refractivity contribution in [2.24, 2.45) is 5.41 Å². The third kappa shape index (κ3) is 3.41. The third-order valence-corrected chi connectivity index (χ3v) is 4.12. The van der Waals surface area contributed by atoms with E-state index in [0.29, 0.717) is 11.0 Å². The standard InChI is InChI=1S/C15H20ClNO2/c1-15(2)6-3-8-17(9-7-15)14(19)11-4-5-13(18)12(16)10-11/h4-5,10,18H,3,6-9H2,1-2H3. The molecule has 104 valence electrons. The molecular weight excluding hydrogens is 262 g/mol. The van der Waals surface area contributed by atoms with E-state index in [9.17, 15) is 9.90 Å². The van der Waals surface area contributed by atoms with Crippen LogP contribution in [-0.4, -0.2) is 29.0 Å². The van der Waals surface area contributed by atoms with Crippen LogP contribution in [0.4, 0.5) is 0 Å². The SMILES string of the molecule is CC1(C)CCCN(C(=O)c2ccc(O)c(Cl)c2)CC1. The van der Waals surface area contributed by atoms with E-state index in [-0.39, 0.29) is 16.7 Å². The predicted octanol–water partition coefficient (Wildman–Crippen LogP) is 3.70. The average molecular weight is 282 g/mol. The maximum atomic E-state index is 12.4. The zero-order valence-corrected chi connectivity index (χ0v) is 12.2. The van der Waals surface area contributed by atoms with Gasteiger partial charge in [-0.05, 0) is 42.9 Å². The normalized spacial score (nSPS) is 19.0. The molecule has 0 aromatic heterocycles. The van der Waals surface area contributed by atoms with E-state index >= 15 is 0 Å².